The summed E-state index contributed by atoms with van der Waals surface area (Å²) in [4.78, 5) is 25.8. The molecule has 1 amide bonds. The average Bonchev–Trinajstić information content (AvgIpc) is 2.86. The largest absolute Gasteiger partial charge is 0.460 e. The van der Waals surface area contributed by atoms with Crippen molar-refractivity contribution in [3.8, 4) is 0 Å². The molecule has 8 nitrogen and oxygen atoms in total. The summed E-state index contributed by atoms with van der Waals surface area (Å²) in [6, 6.07) is 0. The van der Waals surface area contributed by atoms with Crippen LogP contribution < -0.4 is 0 Å². The summed E-state index contributed by atoms with van der Waals surface area (Å²) in [5.41, 5.74) is 0. The molecule has 0 aliphatic carbocycles. The SMILES string of the molecule is CCOC(=O)c1nnnn1CC(=O)N1CCCCCCC1. The molecule has 0 unspecified atom stereocenters. The van der Waals surface area contributed by atoms with Gasteiger partial charge in [-0.2, -0.15) is 0 Å². The van der Waals surface area contributed by atoms with Crippen molar-refractivity contribution < 1.29 is 14.3 Å². The number of esters is 1. The standard InChI is InChI=1S/C13H21N5O3/c1-2-21-13(20)12-14-15-16-18(12)10-11(19)17-8-6-4-3-5-7-9-17/h2-10H2,1H3. The smallest absolute Gasteiger partial charge is 0.378 e. The number of carbonyl (C=O) groups is 2. The minimum absolute atomic E-state index is 0.0266. The molecule has 0 radical (unpaired) electrons. The van der Waals surface area contributed by atoms with Crippen LogP contribution in [-0.4, -0.2) is 56.7 Å². The van der Waals surface area contributed by atoms with Gasteiger partial charge in [-0.15, -0.1) is 5.10 Å². The highest BCUT2D eigenvalue weighted by molar-refractivity contribution is 5.86. The predicted octanol–water partition coefficient (Wildman–Crippen LogP) is 0.642. The van der Waals surface area contributed by atoms with Crippen molar-refractivity contribution in [1.82, 2.24) is 25.1 Å². The van der Waals surface area contributed by atoms with E-state index in [2.05, 4.69) is 15.5 Å². The second-order valence-electron chi connectivity index (χ2n) is 5.03. The van der Waals surface area contributed by atoms with Crippen molar-refractivity contribution in [2.24, 2.45) is 0 Å². The molecule has 0 N–H and O–H groups in total. The summed E-state index contributed by atoms with van der Waals surface area (Å²) in [6.45, 7) is 3.44. The molecule has 1 fully saturated rings. The van der Waals surface area contributed by atoms with Gasteiger partial charge in [-0.05, 0) is 30.2 Å². The molecule has 2 heterocycles. The number of ether oxygens (including phenoxy) is 1. The molecular weight excluding hydrogens is 274 g/mol. The highest BCUT2D eigenvalue weighted by Crippen LogP contribution is 2.11. The van der Waals surface area contributed by atoms with Crippen LogP contribution in [0.5, 0.6) is 0 Å². The zero-order valence-corrected chi connectivity index (χ0v) is 12.3. The Morgan fingerprint density at radius 2 is 1.81 bits per heavy atom. The summed E-state index contributed by atoms with van der Waals surface area (Å²) in [5, 5.41) is 10.8. The third-order valence-electron chi connectivity index (χ3n) is 3.48. The van der Waals surface area contributed by atoms with Crippen LogP contribution in [0.4, 0.5) is 0 Å². The summed E-state index contributed by atoms with van der Waals surface area (Å²) in [7, 11) is 0. The van der Waals surface area contributed by atoms with Gasteiger partial charge >= 0.3 is 5.97 Å². The van der Waals surface area contributed by atoms with Crippen molar-refractivity contribution >= 4 is 11.9 Å². The van der Waals surface area contributed by atoms with E-state index in [1.165, 1.54) is 11.1 Å². The van der Waals surface area contributed by atoms with Gasteiger partial charge in [0.25, 0.3) is 5.82 Å². The van der Waals surface area contributed by atoms with Gasteiger partial charge in [0.15, 0.2) is 0 Å². The maximum atomic E-state index is 12.3. The molecule has 0 aromatic carbocycles. The first-order valence-corrected chi connectivity index (χ1v) is 7.43. The van der Waals surface area contributed by atoms with Gasteiger partial charge in [0.2, 0.25) is 5.91 Å². The molecule has 2 rings (SSSR count). The maximum Gasteiger partial charge on any atom is 0.378 e. The number of carbonyl (C=O) groups excluding carboxylic acids is 2. The number of hydrogen-bond acceptors (Lipinski definition) is 6. The van der Waals surface area contributed by atoms with Crippen molar-refractivity contribution in [3.05, 3.63) is 5.82 Å². The van der Waals surface area contributed by atoms with E-state index >= 15 is 0 Å². The molecule has 1 aliphatic rings. The van der Waals surface area contributed by atoms with Crippen LogP contribution in [0.3, 0.4) is 0 Å². The molecule has 0 atom stereocenters. The molecule has 0 bridgehead atoms. The first-order valence-electron chi connectivity index (χ1n) is 7.43. The Morgan fingerprint density at radius 1 is 1.14 bits per heavy atom. The fourth-order valence-corrected chi connectivity index (χ4v) is 2.38. The monoisotopic (exact) mass is 295 g/mol. The van der Waals surface area contributed by atoms with Crippen molar-refractivity contribution in [2.75, 3.05) is 19.7 Å². The van der Waals surface area contributed by atoms with Crippen LogP contribution in [0.15, 0.2) is 0 Å². The zero-order valence-electron chi connectivity index (χ0n) is 12.3. The lowest BCUT2D eigenvalue weighted by Gasteiger charge is -2.24. The zero-order chi connectivity index (χ0) is 15.1. The van der Waals surface area contributed by atoms with Crippen LogP contribution in [0.2, 0.25) is 0 Å². The highest BCUT2D eigenvalue weighted by Gasteiger charge is 2.21. The van der Waals surface area contributed by atoms with Crippen LogP contribution in [0, 0.1) is 0 Å². The van der Waals surface area contributed by atoms with Crippen LogP contribution >= 0.6 is 0 Å². The molecule has 0 saturated carbocycles. The quantitative estimate of drug-likeness (QED) is 0.757. The lowest BCUT2D eigenvalue weighted by Crippen LogP contribution is -2.37. The third-order valence-corrected chi connectivity index (χ3v) is 3.48. The second kappa shape index (κ2) is 7.70. The second-order valence-corrected chi connectivity index (χ2v) is 5.03. The molecule has 1 saturated heterocycles. The van der Waals surface area contributed by atoms with Crippen molar-refractivity contribution in [2.45, 2.75) is 45.6 Å². The Balaban J connectivity index is 1.98. The van der Waals surface area contributed by atoms with E-state index < -0.39 is 5.97 Å². The summed E-state index contributed by atoms with van der Waals surface area (Å²) < 4.78 is 6.07. The van der Waals surface area contributed by atoms with Gasteiger partial charge in [0, 0.05) is 13.1 Å². The molecular formula is C13H21N5O3. The van der Waals surface area contributed by atoms with Crippen LogP contribution in [0.25, 0.3) is 0 Å². The highest BCUT2D eigenvalue weighted by atomic mass is 16.5. The molecule has 8 heteroatoms. The Morgan fingerprint density at radius 3 is 2.48 bits per heavy atom. The molecule has 116 valence electrons. The first kappa shape index (κ1) is 15.4. The number of hydrogen-bond donors (Lipinski definition) is 0. The van der Waals surface area contributed by atoms with Gasteiger partial charge in [0.1, 0.15) is 6.54 Å². The number of likely N-dealkylation sites (tertiary alicyclic amines) is 1. The molecule has 1 aromatic rings. The minimum atomic E-state index is -0.608. The van der Waals surface area contributed by atoms with Gasteiger partial charge in [0.05, 0.1) is 6.61 Å². The molecule has 21 heavy (non-hydrogen) atoms. The van der Waals surface area contributed by atoms with E-state index in [0.29, 0.717) is 0 Å². The predicted molar refractivity (Wildman–Crippen MR) is 73.4 cm³/mol. The summed E-state index contributed by atoms with van der Waals surface area (Å²) >= 11 is 0. The topological polar surface area (TPSA) is 90.2 Å². The Kier molecular flexibility index (Phi) is 5.65. The van der Waals surface area contributed by atoms with E-state index in [0.717, 1.165) is 38.8 Å². The van der Waals surface area contributed by atoms with Crippen LogP contribution in [-0.2, 0) is 16.1 Å². The van der Waals surface area contributed by atoms with E-state index in [1.54, 1.807) is 6.92 Å². The number of aromatic nitrogens is 4. The lowest BCUT2D eigenvalue weighted by atomic mass is 10.1. The fraction of sp³-hybridized carbons (Fsp3) is 0.769. The normalized spacial score (nSPS) is 16.1. The van der Waals surface area contributed by atoms with Gasteiger partial charge in [-0.3, -0.25) is 4.79 Å². The Bertz CT molecular complexity index is 480. The van der Waals surface area contributed by atoms with Gasteiger partial charge in [-0.25, -0.2) is 9.48 Å². The van der Waals surface area contributed by atoms with Crippen molar-refractivity contribution in [3.63, 3.8) is 0 Å². The third kappa shape index (κ3) is 4.24. The van der Waals surface area contributed by atoms with Gasteiger partial charge in [-0.1, -0.05) is 19.3 Å². The maximum absolute atomic E-state index is 12.3. The van der Waals surface area contributed by atoms with Crippen molar-refractivity contribution in [1.29, 1.82) is 0 Å². The number of tetrazole rings is 1. The number of rotatable bonds is 4. The number of amides is 1. The van der Waals surface area contributed by atoms with E-state index in [1.807, 2.05) is 4.90 Å². The van der Waals surface area contributed by atoms with Crippen LogP contribution in [0.1, 0.15) is 49.6 Å². The molecule has 0 spiro atoms. The Hall–Kier alpha value is -1.99. The minimum Gasteiger partial charge on any atom is -0.460 e. The summed E-state index contributed by atoms with van der Waals surface area (Å²) in [6.07, 6.45) is 5.59. The molecule has 1 aliphatic heterocycles. The first-order chi connectivity index (χ1) is 10.2. The average molecular weight is 295 g/mol. The van der Waals surface area contributed by atoms with Gasteiger partial charge < -0.3 is 9.64 Å². The lowest BCUT2D eigenvalue weighted by molar-refractivity contribution is -0.132. The molecule has 1 aromatic heterocycles. The van der Waals surface area contributed by atoms with E-state index in [-0.39, 0.29) is 24.9 Å². The van der Waals surface area contributed by atoms with E-state index in [9.17, 15) is 9.59 Å². The van der Waals surface area contributed by atoms with E-state index in [4.69, 9.17) is 4.74 Å². The fourth-order valence-electron chi connectivity index (χ4n) is 2.38. The Labute approximate surface area is 123 Å². The number of nitrogens with zero attached hydrogens (tertiary/aromatic N) is 5. The summed E-state index contributed by atoms with van der Waals surface area (Å²) in [5.74, 6) is -0.699.